The molecule has 28 heavy (non-hydrogen) atoms. The van der Waals surface area contributed by atoms with Gasteiger partial charge in [0.1, 0.15) is 11.8 Å². The number of carbonyl (C=O) groups excluding carboxylic acids is 1. The van der Waals surface area contributed by atoms with Gasteiger partial charge < -0.3 is 10.1 Å². The molecule has 1 amide bonds. The molecule has 0 spiro atoms. The van der Waals surface area contributed by atoms with E-state index in [1.807, 2.05) is 45.9 Å². The molecule has 7 nitrogen and oxygen atoms in total. The van der Waals surface area contributed by atoms with Crippen molar-refractivity contribution in [3.8, 4) is 5.75 Å². The van der Waals surface area contributed by atoms with Gasteiger partial charge in [0.05, 0.1) is 7.11 Å². The van der Waals surface area contributed by atoms with E-state index in [1.54, 1.807) is 11.8 Å². The summed E-state index contributed by atoms with van der Waals surface area (Å²) in [6, 6.07) is 7.67. The van der Waals surface area contributed by atoms with E-state index in [-0.39, 0.29) is 16.7 Å². The second kappa shape index (κ2) is 7.89. The Bertz CT molecular complexity index is 818. The van der Waals surface area contributed by atoms with Gasteiger partial charge in [-0.05, 0) is 36.3 Å². The average molecular weight is 386 g/mol. The number of amides is 1. The summed E-state index contributed by atoms with van der Waals surface area (Å²) in [4.78, 5) is 12.9. The van der Waals surface area contributed by atoms with Gasteiger partial charge in [-0.25, -0.2) is 4.68 Å². The lowest BCUT2D eigenvalue weighted by Crippen LogP contribution is -2.42. The number of methoxy groups -OCH3 is 1. The number of tetrazole rings is 1. The Labute approximate surface area is 166 Å². The van der Waals surface area contributed by atoms with Crippen molar-refractivity contribution >= 4 is 5.91 Å². The Hall–Kier alpha value is -2.44. The molecular formula is C21H31N5O2. The van der Waals surface area contributed by atoms with Crippen LogP contribution in [0.4, 0.5) is 0 Å². The number of hydrogen-bond donors (Lipinski definition) is 1. The first kappa shape index (κ1) is 20.3. The van der Waals surface area contributed by atoms with Crippen molar-refractivity contribution in [3.05, 3.63) is 35.7 Å². The summed E-state index contributed by atoms with van der Waals surface area (Å²) in [6.07, 6.45) is 4.40. The van der Waals surface area contributed by atoms with Crippen LogP contribution in [0.5, 0.6) is 5.75 Å². The minimum Gasteiger partial charge on any atom is -0.496 e. The monoisotopic (exact) mass is 385 g/mol. The van der Waals surface area contributed by atoms with Crippen LogP contribution in [0.25, 0.3) is 0 Å². The summed E-state index contributed by atoms with van der Waals surface area (Å²) < 4.78 is 7.23. The largest absolute Gasteiger partial charge is 0.496 e. The Balaban J connectivity index is 1.78. The summed E-state index contributed by atoms with van der Waals surface area (Å²) >= 11 is 0. The summed E-state index contributed by atoms with van der Waals surface area (Å²) in [6.45, 7) is 8.54. The van der Waals surface area contributed by atoms with Crippen molar-refractivity contribution in [1.29, 1.82) is 0 Å². The molecule has 1 atom stereocenters. The molecule has 1 aliphatic carbocycles. The third-order valence-electron chi connectivity index (χ3n) is 5.75. The van der Waals surface area contributed by atoms with E-state index in [2.05, 4.69) is 26.9 Å². The summed E-state index contributed by atoms with van der Waals surface area (Å²) in [5.41, 5.74) is 0.859. The quantitative estimate of drug-likeness (QED) is 0.826. The van der Waals surface area contributed by atoms with Gasteiger partial charge >= 0.3 is 0 Å². The van der Waals surface area contributed by atoms with E-state index < -0.39 is 6.04 Å². The smallest absolute Gasteiger partial charge is 0.244 e. The molecule has 1 aromatic carbocycles. The standard InChI is InChI=1S/C21H31N5O2/c1-15(26-19(20(2,3)4)23-24-25-26)18(27)22-14-21(12-8-9-13-21)16-10-6-7-11-17(16)28-5/h6-7,10-11,15H,8-9,12-14H2,1-5H3,(H,22,27). The lowest BCUT2D eigenvalue weighted by atomic mass is 9.78. The molecule has 0 saturated heterocycles. The molecule has 0 radical (unpaired) electrons. The van der Waals surface area contributed by atoms with Crippen LogP contribution in [0, 0.1) is 0 Å². The Morgan fingerprint density at radius 3 is 2.61 bits per heavy atom. The fraction of sp³-hybridized carbons (Fsp3) is 0.619. The van der Waals surface area contributed by atoms with E-state index in [0.29, 0.717) is 12.4 Å². The highest BCUT2D eigenvalue weighted by Crippen LogP contribution is 2.44. The number of benzene rings is 1. The lowest BCUT2D eigenvalue weighted by Gasteiger charge is -2.32. The van der Waals surface area contributed by atoms with Gasteiger partial charge in [0.15, 0.2) is 5.82 Å². The summed E-state index contributed by atoms with van der Waals surface area (Å²) in [5, 5.41) is 15.1. The van der Waals surface area contributed by atoms with E-state index >= 15 is 0 Å². The molecule has 1 heterocycles. The van der Waals surface area contributed by atoms with Crippen LogP contribution in [0.15, 0.2) is 24.3 Å². The van der Waals surface area contributed by atoms with Gasteiger partial charge in [-0.1, -0.05) is 51.8 Å². The van der Waals surface area contributed by atoms with Crippen molar-refractivity contribution in [1.82, 2.24) is 25.5 Å². The topological polar surface area (TPSA) is 81.9 Å². The number of nitrogens with one attached hydrogen (secondary N) is 1. The first-order valence-electron chi connectivity index (χ1n) is 9.98. The van der Waals surface area contributed by atoms with Gasteiger partial charge in [0.2, 0.25) is 5.91 Å². The maximum atomic E-state index is 12.9. The molecule has 0 bridgehead atoms. The first-order valence-corrected chi connectivity index (χ1v) is 9.98. The third-order valence-corrected chi connectivity index (χ3v) is 5.75. The van der Waals surface area contributed by atoms with Crippen molar-refractivity contribution in [2.24, 2.45) is 0 Å². The number of ether oxygens (including phenoxy) is 1. The van der Waals surface area contributed by atoms with Gasteiger partial charge in [-0.3, -0.25) is 4.79 Å². The van der Waals surface area contributed by atoms with Gasteiger partial charge in [0, 0.05) is 22.9 Å². The number of para-hydroxylation sites is 1. The molecule has 1 fully saturated rings. The van der Waals surface area contributed by atoms with Crippen LogP contribution < -0.4 is 10.1 Å². The molecule has 2 aromatic rings. The van der Waals surface area contributed by atoms with E-state index in [9.17, 15) is 4.79 Å². The predicted octanol–water partition coefficient (Wildman–Crippen LogP) is 3.17. The molecule has 1 N–H and O–H groups in total. The lowest BCUT2D eigenvalue weighted by molar-refractivity contribution is -0.124. The van der Waals surface area contributed by atoms with Gasteiger partial charge in [0.25, 0.3) is 0 Å². The van der Waals surface area contributed by atoms with Crippen LogP contribution in [0.3, 0.4) is 0 Å². The maximum Gasteiger partial charge on any atom is 0.244 e. The zero-order valence-corrected chi connectivity index (χ0v) is 17.5. The molecule has 1 aromatic heterocycles. The number of carbonyl (C=O) groups is 1. The van der Waals surface area contributed by atoms with Gasteiger partial charge in [-0.15, -0.1) is 5.10 Å². The van der Waals surface area contributed by atoms with Crippen LogP contribution in [-0.2, 0) is 15.6 Å². The Morgan fingerprint density at radius 1 is 1.29 bits per heavy atom. The molecule has 152 valence electrons. The van der Waals surface area contributed by atoms with Crippen molar-refractivity contribution in [2.45, 2.75) is 70.3 Å². The van der Waals surface area contributed by atoms with Crippen LogP contribution >= 0.6 is 0 Å². The van der Waals surface area contributed by atoms with Crippen molar-refractivity contribution in [3.63, 3.8) is 0 Å². The SMILES string of the molecule is COc1ccccc1C1(CNC(=O)C(C)n2nnnc2C(C)(C)C)CCCC1. The molecule has 3 rings (SSSR count). The number of hydrogen-bond acceptors (Lipinski definition) is 5. The zero-order valence-electron chi connectivity index (χ0n) is 17.5. The first-order chi connectivity index (χ1) is 13.3. The van der Waals surface area contributed by atoms with Crippen molar-refractivity contribution in [2.75, 3.05) is 13.7 Å². The highest BCUT2D eigenvalue weighted by atomic mass is 16.5. The van der Waals surface area contributed by atoms with Crippen molar-refractivity contribution < 1.29 is 9.53 Å². The van der Waals surface area contributed by atoms with Gasteiger partial charge in [-0.2, -0.15) is 0 Å². The molecule has 7 heteroatoms. The second-order valence-electron chi connectivity index (χ2n) is 8.78. The summed E-state index contributed by atoms with van der Waals surface area (Å²) in [5.74, 6) is 1.52. The Kier molecular flexibility index (Phi) is 5.72. The fourth-order valence-corrected chi connectivity index (χ4v) is 4.14. The van der Waals surface area contributed by atoms with Crippen LogP contribution in [-0.4, -0.2) is 39.8 Å². The maximum absolute atomic E-state index is 12.9. The molecule has 1 aliphatic rings. The number of aromatic nitrogens is 4. The minimum atomic E-state index is -0.472. The predicted molar refractivity (Wildman–Crippen MR) is 107 cm³/mol. The van der Waals surface area contributed by atoms with E-state index in [4.69, 9.17) is 4.74 Å². The van der Waals surface area contributed by atoms with Crippen LogP contribution in [0.2, 0.25) is 0 Å². The minimum absolute atomic E-state index is 0.0704. The zero-order chi connectivity index (χ0) is 20.4. The molecule has 0 aliphatic heterocycles. The summed E-state index contributed by atoms with van der Waals surface area (Å²) in [7, 11) is 1.70. The van der Waals surface area contributed by atoms with E-state index in [0.717, 1.165) is 31.4 Å². The normalized spacial score (nSPS) is 17.3. The molecular weight excluding hydrogens is 354 g/mol. The van der Waals surface area contributed by atoms with E-state index in [1.165, 1.54) is 5.56 Å². The average Bonchev–Trinajstić information content (AvgIpc) is 3.35. The third kappa shape index (κ3) is 3.88. The second-order valence-corrected chi connectivity index (χ2v) is 8.78. The fourth-order valence-electron chi connectivity index (χ4n) is 4.14. The molecule has 1 unspecified atom stereocenters. The number of rotatable bonds is 6. The Morgan fingerprint density at radius 2 is 1.96 bits per heavy atom. The molecule has 1 saturated carbocycles. The van der Waals surface area contributed by atoms with Crippen LogP contribution in [0.1, 0.15) is 70.8 Å². The highest BCUT2D eigenvalue weighted by Gasteiger charge is 2.38. The highest BCUT2D eigenvalue weighted by molar-refractivity contribution is 5.80. The number of nitrogens with zero attached hydrogens (tertiary/aromatic N) is 4.